The van der Waals surface area contributed by atoms with Gasteiger partial charge in [-0.2, -0.15) is 0 Å². The maximum absolute atomic E-state index is 10.9. The van der Waals surface area contributed by atoms with E-state index in [1.165, 1.54) is 0 Å². The van der Waals surface area contributed by atoms with Crippen molar-refractivity contribution in [2.75, 3.05) is 13.2 Å². The van der Waals surface area contributed by atoms with Crippen LogP contribution in [0.3, 0.4) is 0 Å². The van der Waals surface area contributed by atoms with E-state index in [4.69, 9.17) is 40.0 Å². The Morgan fingerprint density at radius 1 is 0.625 bits per heavy atom. The van der Waals surface area contributed by atoms with E-state index in [0.717, 1.165) is 0 Å². The van der Waals surface area contributed by atoms with Crippen molar-refractivity contribution >= 4 is 27.6 Å². The second kappa shape index (κ2) is 11.4. The molecule has 18 nitrogen and oxygen atoms in total. The average Bonchev–Trinajstić information content (AvgIpc) is 2.67. The minimum atomic E-state index is -4.76. The van der Waals surface area contributed by atoms with Gasteiger partial charge >= 0.3 is 27.6 Å². The van der Waals surface area contributed by atoms with Gasteiger partial charge in [0.15, 0.2) is 24.4 Å². The van der Waals surface area contributed by atoms with Gasteiger partial charge < -0.3 is 59.7 Å². The van der Waals surface area contributed by atoms with E-state index in [2.05, 4.69) is 18.5 Å². The van der Waals surface area contributed by atoms with Crippen LogP contribution in [0, 0.1) is 0 Å². The van der Waals surface area contributed by atoms with Crippen LogP contribution in [0.25, 0.3) is 0 Å². The number of hydrogen-bond donors (Lipinski definition) is 10. The minimum Gasteiger partial charge on any atom is -0.455 e. The molecule has 0 unspecified atom stereocenters. The first kappa shape index (κ1) is 29.0. The van der Waals surface area contributed by atoms with E-state index in [9.17, 15) is 28.9 Å². The number of esters is 2. The smallest absolute Gasteiger partial charge is 0.455 e. The van der Waals surface area contributed by atoms with Crippen molar-refractivity contribution < 1.29 is 87.5 Å². The van der Waals surface area contributed by atoms with E-state index in [1.807, 2.05) is 0 Å². The summed E-state index contributed by atoms with van der Waals surface area (Å²) in [5.41, 5.74) is 0. The lowest BCUT2D eigenvalue weighted by Crippen LogP contribution is -2.56. The summed E-state index contributed by atoms with van der Waals surface area (Å²) in [5, 5.41) is 54.9. The highest BCUT2D eigenvalue weighted by Crippen LogP contribution is 2.37. The number of aliphatic hydroxyl groups excluding tert-OH is 6. The number of aliphatic hydroxyl groups is 6. The van der Waals surface area contributed by atoms with Crippen LogP contribution >= 0.6 is 15.6 Å². The summed E-state index contributed by atoms with van der Waals surface area (Å²) in [5.74, 6) is -2.39. The highest BCUT2D eigenvalue weighted by atomic mass is 31.2. The molecule has 20 heteroatoms. The van der Waals surface area contributed by atoms with E-state index < -0.39 is 89.6 Å². The number of carbonyl (C=O) groups excluding carboxylic acids is 2. The van der Waals surface area contributed by atoms with Gasteiger partial charge in [-0.25, -0.2) is 18.7 Å². The highest BCUT2D eigenvalue weighted by Gasteiger charge is 2.45. The predicted molar refractivity (Wildman–Crippen MR) is 91.8 cm³/mol. The molecule has 32 heavy (non-hydrogen) atoms. The molecule has 0 saturated carbocycles. The summed E-state index contributed by atoms with van der Waals surface area (Å²) < 4.78 is 37.5. The molecule has 0 spiro atoms. The van der Waals surface area contributed by atoms with Gasteiger partial charge in [-0.1, -0.05) is 0 Å². The molecule has 8 atom stereocenters. The summed E-state index contributed by atoms with van der Waals surface area (Å²) in [6.45, 7) is -1.58. The fourth-order valence-electron chi connectivity index (χ4n) is 2.28. The molecule has 0 radical (unpaired) electrons. The Hall–Kier alpha value is -1.08. The number of hydrogen-bond acceptors (Lipinski definition) is 14. The Kier molecular flexibility index (Phi) is 10.3. The van der Waals surface area contributed by atoms with Crippen molar-refractivity contribution in [1.29, 1.82) is 0 Å². The third kappa shape index (κ3) is 8.69. The fourth-order valence-corrected chi connectivity index (χ4v) is 2.96. The molecule has 0 amide bonds. The lowest BCUT2D eigenvalue weighted by atomic mass is 10.0. The molecule has 2 aliphatic heterocycles. The van der Waals surface area contributed by atoms with Crippen molar-refractivity contribution in [3.05, 3.63) is 0 Å². The monoisotopic (exact) mass is 516 g/mol. The number of cyclic esters (lactones) is 2. The van der Waals surface area contributed by atoms with Crippen LogP contribution in [0.2, 0.25) is 0 Å². The van der Waals surface area contributed by atoms with Crippen molar-refractivity contribution in [1.82, 2.24) is 0 Å². The Morgan fingerprint density at radius 3 is 1.16 bits per heavy atom. The van der Waals surface area contributed by atoms with Gasteiger partial charge in [-0.3, -0.25) is 9.05 Å². The van der Waals surface area contributed by atoms with Gasteiger partial charge in [0.25, 0.3) is 0 Å². The molecular weight excluding hydrogens is 494 g/mol. The maximum Gasteiger partial charge on any atom is 0.469 e. The molecule has 0 aromatic rings. The van der Waals surface area contributed by atoms with Crippen LogP contribution < -0.4 is 0 Å². The van der Waals surface area contributed by atoms with Crippen LogP contribution in [0.1, 0.15) is 0 Å². The molecule has 0 aromatic carbocycles. The van der Waals surface area contributed by atoms with Crippen LogP contribution in [0.4, 0.5) is 0 Å². The van der Waals surface area contributed by atoms with E-state index in [0.29, 0.717) is 0 Å². The van der Waals surface area contributed by atoms with E-state index in [1.54, 1.807) is 0 Å². The first-order valence-electron chi connectivity index (χ1n) is 8.34. The van der Waals surface area contributed by atoms with Crippen LogP contribution in [0.5, 0.6) is 0 Å². The molecule has 2 saturated heterocycles. The molecule has 0 aliphatic carbocycles. The number of phosphoric ester groups is 2. The SMILES string of the molecule is O=C1O[C@H](COP(=O)(O)O)[C@@H](O)[C@H](O)[C@H]1O.O=C1O[C@H](COP(=O)(O)O)[C@@H](O)[C@H](O)[C@H]1O. The zero-order valence-electron chi connectivity index (χ0n) is 15.7. The Balaban J connectivity index is 0.000000320. The lowest BCUT2D eigenvalue weighted by Gasteiger charge is -2.33. The molecule has 2 aliphatic rings. The number of carbonyl (C=O) groups is 2. The maximum atomic E-state index is 10.9. The summed E-state index contributed by atoms with van der Waals surface area (Å²) in [7, 11) is -9.52. The topological polar surface area (TPSA) is 308 Å². The Morgan fingerprint density at radius 2 is 0.906 bits per heavy atom. The molecule has 2 fully saturated rings. The van der Waals surface area contributed by atoms with E-state index >= 15 is 0 Å². The Labute approximate surface area is 178 Å². The van der Waals surface area contributed by atoms with E-state index in [-0.39, 0.29) is 0 Å². The zero-order chi connectivity index (χ0) is 25.0. The largest absolute Gasteiger partial charge is 0.469 e. The molecule has 10 N–H and O–H groups in total. The molecule has 188 valence electrons. The van der Waals surface area contributed by atoms with Crippen LogP contribution in [-0.4, -0.2) is 124 Å². The summed E-state index contributed by atoms with van der Waals surface area (Å²) in [6, 6.07) is 0. The predicted octanol–water partition coefficient (Wildman–Crippen LogP) is -5.79. The second-order valence-corrected chi connectivity index (χ2v) is 8.85. The molecule has 2 heterocycles. The third-order valence-corrected chi connectivity index (χ3v) is 4.91. The highest BCUT2D eigenvalue weighted by molar-refractivity contribution is 7.46. The first-order chi connectivity index (χ1) is 14.4. The quantitative estimate of drug-likeness (QED) is 0.116. The molecule has 0 bridgehead atoms. The van der Waals surface area contributed by atoms with Gasteiger partial charge in [0, 0.05) is 0 Å². The lowest BCUT2D eigenvalue weighted by molar-refractivity contribution is -0.206. The van der Waals surface area contributed by atoms with Crippen molar-refractivity contribution in [2.45, 2.75) is 48.8 Å². The number of rotatable bonds is 6. The van der Waals surface area contributed by atoms with Gasteiger partial charge in [0.05, 0.1) is 13.2 Å². The zero-order valence-corrected chi connectivity index (χ0v) is 17.5. The summed E-state index contributed by atoms with van der Waals surface area (Å²) in [6.07, 6.45) is -13.6. The van der Waals surface area contributed by atoms with Gasteiger partial charge in [-0.05, 0) is 0 Å². The summed E-state index contributed by atoms with van der Waals surface area (Å²) >= 11 is 0. The third-order valence-electron chi connectivity index (χ3n) is 3.94. The second-order valence-electron chi connectivity index (χ2n) is 6.38. The van der Waals surface area contributed by atoms with Crippen molar-refractivity contribution in [3.63, 3.8) is 0 Å². The first-order valence-corrected chi connectivity index (χ1v) is 11.4. The minimum absolute atomic E-state index is 0.791. The molecule has 2 rings (SSSR count). The average molecular weight is 516 g/mol. The number of ether oxygens (including phenoxy) is 2. The van der Waals surface area contributed by atoms with Crippen LogP contribution in [0.15, 0.2) is 0 Å². The summed E-state index contributed by atoms with van der Waals surface area (Å²) in [4.78, 5) is 55.3. The standard InChI is InChI=1S/2C6H11O9P/c2*7-3-2(1-14-16(11,12)13)15-6(10)5(9)4(3)8/h2*2-5,7-9H,1H2,(H2,11,12,13)/t2*2-,3-,4+,5-/m11/s1. The molecule has 0 aromatic heterocycles. The van der Waals surface area contributed by atoms with Crippen molar-refractivity contribution in [3.8, 4) is 0 Å². The number of phosphoric acid groups is 2. The normalized spacial score (nSPS) is 35.9. The van der Waals surface area contributed by atoms with Gasteiger partial charge in [0.1, 0.15) is 24.4 Å². The van der Waals surface area contributed by atoms with Crippen LogP contribution in [-0.2, 0) is 37.2 Å². The van der Waals surface area contributed by atoms with Gasteiger partial charge in [0.2, 0.25) is 0 Å². The van der Waals surface area contributed by atoms with Gasteiger partial charge in [-0.15, -0.1) is 0 Å². The Bertz CT molecular complexity index is 684. The van der Waals surface area contributed by atoms with Crippen molar-refractivity contribution in [2.24, 2.45) is 0 Å². The fraction of sp³-hybridized carbons (Fsp3) is 0.833. The molecular formula is C12H22O18P2.